The maximum absolute atomic E-state index is 13.0. The molecular formula is C15H21FN4O. The molecule has 6 heteroatoms. The summed E-state index contributed by atoms with van der Waals surface area (Å²) in [6, 6.07) is 3.18. The van der Waals surface area contributed by atoms with E-state index in [2.05, 4.69) is 27.1 Å². The zero-order valence-electron chi connectivity index (χ0n) is 12.3. The van der Waals surface area contributed by atoms with Crippen molar-refractivity contribution >= 4 is 11.7 Å². The van der Waals surface area contributed by atoms with Crippen LogP contribution in [0.15, 0.2) is 18.3 Å². The summed E-state index contributed by atoms with van der Waals surface area (Å²) >= 11 is 0. The quantitative estimate of drug-likeness (QED) is 0.839. The van der Waals surface area contributed by atoms with E-state index in [1.165, 1.54) is 12.3 Å². The van der Waals surface area contributed by atoms with Gasteiger partial charge in [0.25, 0.3) is 0 Å². The minimum absolute atomic E-state index is 0.00647. The lowest BCUT2D eigenvalue weighted by atomic mass is 9.86. The fraction of sp³-hybridized carbons (Fsp3) is 0.600. The second-order valence-electron chi connectivity index (χ2n) is 6.00. The first-order valence-corrected chi connectivity index (χ1v) is 7.44. The van der Waals surface area contributed by atoms with Gasteiger partial charge >= 0.3 is 0 Å². The topological polar surface area (TPSA) is 48.5 Å². The van der Waals surface area contributed by atoms with Crippen molar-refractivity contribution in [3.05, 3.63) is 24.1 Å². The first-order valence-electron chi connectivity index (χ1n) is 7.44. The van der Waals surface area contributed by atoms with Crippen molar-refractivity contribution in [1.82, 2.24) is 15.2 Å². The van der Waals surface area contributed by atoms with Crippen molar-refractivity contribution in [2.24, 2.45) is 0 Å². The summed E-state index contributed by atoms with van der Waals surface area (Å²) < 4.78 is 13.0. The van der Waals surface area contributed by atoms with Crippen LogP contribution in [0.1, 0.15) is 19.3 Å². The Morgan fingerprint density at radius 2 is 2.19 bits per heavy atom. The molecule has 2 fully saturated rings. The van der Waals surface area contributed by atoms with Gasteiger partial charge in [-0.05, 0) is 32.0 Å². The van der Waals surface area contributed by atoms with Gasteiger partial charge < -0.3 is 10.2 Å². The van der Waals surface area contributed by atoms with Crippen LogP contribution in [-0.4, -0.2) is 54.6 Å². The first kappa shape index (κ1) is 14.3. The minimum Gasteiger partial charge on any atom is -0.356 e. The Morgan fingerprint density at radius 1 is 1.33 bits per heavy atom. The molecule has 1 amide bonds. The molecule has 114 valence electrons. The van der Waals surface area contributed by atoms with E-state index in [1.807, 2.05) is 0 Å². The Kier molecular flexibility index (Phi) is 3.80. The number of aromatic nitrogens is 1. The molecule has 0 unspecified atom stereocenters. The summed E-state index contributed by atoms with van der Waals surface area (Å²) in [5.74, 6) is 0.636. The number of amides is 1. The molecule has 0 bridgehead atoms. The smallest absolute Gasteiger partial charge is 0.220 e. The van der Waals surface area contributed by atoms with E-state index in [0.29, 0.717) is 13.0 Å². The fourth-order valence-electron chi connectivity index (χ4n) is 3.35. The highest BCUT2D eigenvalue weighted by Gasteiger charge is 2.41. The van der Waals surface area contributed by atoms with Crippen LogP contribution in [0.4, 0.5) is 10.2 Å². The van der Waals surface area contributed by atoms with Crippen LogP contribution >= 0.6 is 0 Å². The molecule has 5 nitrogen and oxygen atoms in total. The van der Waals surface area contributed by atoms with Crippen molar-refractivity contribution < 1.29 is 9.18 Å². The molecule has 0 aliphatic carbocycles. The molecule has 0 radical (unpaired) electrons. The SMILES string of the molecule is CN1CCN(c2ccc(F)cn2)C[C@]12CCNC(=O)CC2. The summed E-state index contributed by atoms with van der Waals surface area (Å²) in [7, 11) is 2.13. The number of anilines is 1. The molecule has 1 spiro atoms. The number of piperazine rings is 1. The third kappa shape index (κ3) is 2.85. The summed E-state index contributed by atoms with van der Waals surface area (Å²) in [6.07, 6.45) is 3.62. The van der Waals surface area contributed by atoms with Crippen LogP contribution in [0.3, 0.4) is 0 Å². The van der Waals surface area contributed by atoms with Gasteiger partial charge in [0.2, 0.25) is 5.91 Å². The Labute approximate surface area is 124 Å². The number of carbonyl (C=O) groups is 1. The molecule has 2 aliphatic rings. The van der Waals surface area contributed by atoms with E-state index in [9.17, 15) is 9.18 Å². The van der Waals surface area contributed by atoms with Crippen molar-refractivity contribution in [2.45, 2.75) is 24.8 Å². The van der Waals surface area contributed by atoms with Gasteiger partial charge in [0, 0.05) is 38.1 Å². The lowest BCUT2D eigenvalue weighted by Gasteiger charge is -2.49. The Hall–Kier alpha value is -1.69. The zero-order valence-corrected chi connectivity index (χ0v) is 12.3. The maximum atomic E-state index is 13.0. The van der Waals surface area contributed by atoms with Crippen molar-refractivity contribution in [3.8, 4) is 0 Å². The number of nitrogens with zero attached hydrogens (tertiary/aromatic N) is 3. The average molecular weight is 292 g/mol. The number of likely N-dealkylation sites (N-methyl/N-ethyl adjacent to an activating group) is 1. The highest BCUT2D eigenvalue weighted by molar-refractivity contribution is 5.76. The minimum atomic E-state index is -0.313. The standard InChI is InChI=1S/C15H21FN4O/c1-19-8-9-20(13-3-2-12(16)10-18-13)11-15(19)5-4-14(21)17-7-6-15/h2-3,10H,4-9,11H2,1H3,(H,17,21)/t15-/m0/s1. The first-order chi connectivity index (χ1) is 10.1. The molecule has 3 heterocycles. The largest absolute Gasteiger partial charge is 0.356 e. The normalized spacial score (nSPS) is 27.5. The zero-order chi connectivity index (χ0) is 14.9. The van der Waals surface area contributed by atoms with Gasteiger partial charge in [-0.25, -0.2) is 9.37 Å². The summed E-state index contributed by atoms with van der Waals surface area (Å²) in [4.78, 5) is 20.4. The second-order valence-corrected chi connectivity index (χ2v) is 6.00. The average Bonchev–Trinajstić information content (AvgIpc) is 2.66. The molecule has 1 aromatic heterocycles. The molecule has 1 atom stereocenters. The predicted molar refractivity (Wildman–Crippen MR) is 78.6 cm³/mol. The van der Waals surface area contributed by atoms with Crippen molar-refractivity contribution in [2.75, 3.05) is 38.1 Å². The van der Waals surface area contributed by atoms with Crippen LogP contribution in [-0.2, 0) is 4.79 Å². The van der Waals surface area contributed by atoms with Crippen molar-refractivity contribution in [3.63, 3.8) is 0 Å². The Bertz CT molecular complexity index is 521. The lowest BCUT2D eigenvalue weighted by Crippen LogP contribution is -2.61. The number of rotatable bonds is 1. The second kappa shape index (κ2) is 5.60. The third-order valence-electron chi connectivity index (χ3n) is 4.77. The number of halogens is 1. The van der Waals surface area contributed by atoms with Crippen LogP contribution < -0.4 is 10.2 Å². The number of hydrogen-bond donors (Lipinski definition) is 1. The number of hydrogen-bond acceptors (Lipinski definition) is 4. The maximum Gasteiger partial charge on any atom is 0.220 e. The van der Waals surface area contributed by atoms with Gasteiger partial charge in [-0.1, -0.05) is 0 Å². The van der Waals surface area contributed by atoms with Gasteiger partial charge in [0.15, 0.2) is 0 Å². The lowest BCUT2D eigenvalue weighted by molar-refractivity contribution is -0.120. The Balaban J connectivity index is 1.80. The van der Waals surface area contributed by atoms with Crippen molar-refractivity contribution in [1.29, 1.82) is 0 Å². The molecule has 2 aliphatic heterocycles. The third-order valence-corrected chi connectivity index (χ3v) is 4.77. The molecule has 1 N–H and O–H groups in total. The molecule has 2 saturated heterocycles. The monoisotopic (exact) mass is 292 g/mol. The van der Waals surface area contributed by atoms with Gasteiger partial charge in [0.1, 0.15) is 11.6 Å². The van der Waals surface area contributed by atoms with E-state index in [1.54, 1.807) is 6.07 Å². The number of pyridine rings is 1. The van der Waals surface area contributed by atoms with Crippen LogP contribution in [0, 0.1) is 5.82 Å². The van der Waals surface area contributed by atoms with E-state index >= 15 is 0 Å². The molecular weight excluding hydrogens is 271 g/mol. The van der Waals surface area contributed by atoms with Gasteiger partial charge in [-0.2, -0.15) is 0 Å². The van der Waals surface area contributed by atoms with Crippen LogP contribution in [0.5, 0.6) is 0 Å². The summed E-state index contributed by atoms with van der Waals surface area (Å²) in [5.41, 5.74) is -0.00647. The Morgan fingerprint density at radius 3 is 2.95 bits per heavy atom. The molecule has 1 aromatic rings. The number of carbonyl (C=O) groups excluding carboxylic acids is 1. The molecule has 21 heavy (non-hydrogen) atoms. The van der Waals surface area contributed by atoms with Gasteiger partial charge in [-0.3, -0.25) is 9.69 Å². The van der Waals surface area contributed by atoms with E-state index < -0.39 is 0 Å². The van der Waals surface area contributed by atoms with E-state index in [-0.39, 0.29) is 17.3 Å². The van der Waals surface area contributed by atoms with Crippen LogP contribution in [0.2, 0.25) is 0 Å². The van der Waals surface area contributed by atoms with Crippen LogP contribution in [0.25, 0.3) is 0 Å². The van der Waals surface area contributed by atoms with Gasteiger partial charge in [0.05, 0.1) is 6.20 Å². The van der Waals surface area contributed by atoms with E-state index in [0.717, 1.165) is 38.3 Å². The molecule has 0 aromatic carbocycles. The highest BCUT2D eigenvalue weighted by Crippen LogP contribution is 2.31. The van der Waals surface area contributed by atoms with E-state index in [4.69, 9.17) is 0 Å². The fourth-order valence-corrected chi connectivity index (χ4v) is 3.35. The van der Waals surface area contributed by atoms with Gasteiger partial charge in [-0.15, -0.1) is 0 Å². The molecule has 0 saturated carbocycles. The summed E-state index contributed by atoms with van der Waals surface area (Å²) in [5, 5.41) is 2.95. The summed E-state index contributed by atoms with van der Waals surface area (Å²) in [6.45, 7) is 3.34. The molecule has 3 rings (SSSR count). The predicted octanol–water partition coefficient (Wildman–Crippen LogP) is 1.01. The number of nitrogens with one attached hydrogen (secondary N) is 1. The highest BCUT2D eigenvalue weighted by atomic mass is 19.1.